The number of hydrogen-bond acceptors (Lipinski definition) is 4. The molecule has 1 atom stereocenters. The van der Waals surface area contributed by atoms with E-state index in [2.05, 4.69) is 10.1 Å². The second kappa shape index (κ2) is 6.21. The zero-order chi connectivity index (χ0) is 15.5. The Morgan fingerprint density at radius 1 is 1.50 bits per heavy atom. The number of alkyl halides is 3. The molecule has 4 nitrogen and oxygen atoms in total. The Balaban J connectivity index is 3.07. The molecular weight excluding hydrogens is 297 g/mol. The van der Waals surface area contributed by atoms with E-state index in [1.807, 2.05) is 0 Å². The first kappa shape index (κ1) is 16.4. The molecule has 112 valence electrons. The molecule has 0 saturated heterocycles. The number of halogens is 4. The van der Waals surface area contributed by atoms with E-state index in [-0.39, 0.29) is 22.0 Å². The normalized spacial score (nSPS) is 12.9. The van der Waals surface area contributed by atoms with Crippen LogP contribution in [0.4, 0.5) is 24.5 Å². The van der Waals surface area contributed by atoms with Crippen molar-refractivity contribution >= 4 is 28.9 Å². The lowest BCUT2D eigenvalue weighted by Gasteiger charge is -2.20. The minimum Gasteiger partial charge on any atom is -0.465 e. The lowest BCUT2D eigenvalue weighted by Crippen LogP contribution is -2.25. The zero-order valence-electron chi connectivity index (χ0n) is 10.8. The Kier molecular flexibility index (Phi) is 5.10. The van der Waals surface area contributed by atoms with E-state index in [9.17, 15) is 18.0 Å². The van der Waals surface area contributed by atoms with E-state index in [1.165, 1.54) is 19.1 Å². The van der Waals surface area contributed by atoms with E-state index in [0.29, 0.717) is 0 Å². The van der Waals surface area contributed by atoms with Crippen LogP contribution < -0.4 is 11.1 Å². The van der Waals surface area contributed by atoms with Crippen LogP contribution in [-0.2, 0) is 4.74 Å². The van der Waals surface area contributed by atoms with E-state index < -0.39 is 24.6 Å². The first-order valence-electron chi connectivity index (χ1n) is 5.64. The van der Waals surface area contributed by atoms with Gasteiger partial charge in [0.2, 0.25) is 0 Å². The highest BCUT2D eigenvalue weighted by atomic mass is 35.5. The van der Waals surface area contributed by atoms with Crippen LogP contribution >= 0.6 is 11.6 Å². The molecular formula is C12H14ClF3N2O2. The van der Waals surface area contributed by atoms with Crippen LogP contribution in [-0.4, -0.2) is 25.3 Å². The maximum atomic E-state index is 12.3. The summed E-state index contributed by atoms with van der Waals surface area (Å²) in [4.78, 5) is 11.6. The minimum atomic E-state index is -4.32. The summed E-state index contributed by atoms with van der Waals surface area (Å²) in [5, 5.41) is 2.62. The third-order valence-electron chi connectivity index (χ3n) is 2.45. The standard InChI is InChI=1S/C12H14ClF3N2O2/c1-6(5-12(14,15)16)18-10-8(11(19)20-2)3-7(17)4-9(10)13/h3-4,6,18H,5,17H2,1-2H3. The number of carbonyl (C=O) groups is 1. The van der Waals surface area contributed by atoms with Gasteiger partial charge in [-0.15, -0.1) is 0 Å². The molecule has 0 saturated carbocycles. The van der Waals surface area contributed by atoms with Crippen molar-refractivity contribution in [2.24, 2.45) is 0 Å². The van der Waals surface area contributed by atoms with Crippen molar-refractivity contribution in [3.8, 4) is 0 Å². The number of hydrogen-bond donors (Lipinski definition) is 2. The minimum absolute atomic E-state index is 0.00785. The summed E-state index contributed by atoms with van der Waals surface area (Å²) in [6.07, 6.45) is -5.38. The SMILES string of the molecule is COC(=O)c1cc(N)cc(Cl)c1NC(C)CC(F)(F)F. The number of ether oxygens (including phenoxy) is 1. The fourth-order valence-electron chi connectivity index (χ4n) is 1.69. The summed E-state index contributed by atoms with van der Waals surface area (Å²) in [5.41, 5.74) is 5.83. The van der Waals surface area contributed by atoms with Crippen LogP contribution in [0.2, 0.25) is 5.02 Å². The molecule has 20 heavy (non-hydrogen) atoms. The van der Waals surface area contributed by atoms with E-state index in [1.54, 1.807) is 0 Å². The maximum Gasteiger partial charge on any atom is 0.391 e. The monoisotopic (exact) mass is 310 g/mol. The third kappa shape index (κ3) is 4.48. The van der Waals surface area contributed by atoms with E-state index >= 15 is 0 Å². The Labute approximate surface area is 119 Å². The van der Waals surface area contributed by atoms with Crippen molar-refractivity contribution in [1.29, 1.82) is 0 Å². The molecule has 3 N–H and O–H groups in total. The van der Waals surface area contributed by atoms with Crippen LogP contribution in [0.3, 0.4) is 0 Å². The molecule has 1 aromatic carbocycles. The molecule has 0 bridgehead atoms. The summed E-state index contributed by atoms with van der Waals surface area (Å²) in [6.45, 7) is 1.33. The Morgan fingerprint density at radius 2 is 2.10 bits per heavy atom. The van der Waals surface area contributed by atoms with Crippen LogP contribution in [0.1, 0.15) is 23.7 Å². The van der Waals surface area contributed by atoms with Gasteiger partial charge in [0.25, 0.3) is 0 Å². The van der Waals surface area contributed by atoms with Crippen molar-refractivity contribution in [1.82, 2.24) is 0 Å². The third-order valence-corrected chi connectivity index (χ3v) is 2.74. The molecule has 0 aliphatic carbocycles. The first-order valence-corrected chi connectivity index (χ1v) is 6.02. The summed E-state index contributed by atoms with van der Waals surface area (Å²) < 4.78 is 41.5. The van der Waals surface area contributed by atoms with E-state index in [0.717, 1.165) is 7.11 Å². The molecule has 0 amide bonds. The number of anilines is 2. The molecule has 8 heteroatoms. The molecule has 0 heterocycles. The lowest BCUT2D eigenvalue weighted by atomic mass is 10.1. The predicted octanol–water partition coefficient (Wildman–Crippen LogP) is 3.46. The number of esters is 1. The molecule has 0 aliphatic heterocycles. The first-order chi connectivity index (χ1) is 9.14. The summed E-state index contributed by atoms with van der Waals surface area (Å²) in [5.74, 6) is -0.735. The molecule has 0 spiro atoms. The average molecular weight is 311 g/mol. The van der Waals surface area contributed by atoms with Gasteiger partial charge in [0.1, 0.15) is 0 Å². The van der Waals surface area contributed by atoms with Crippen molar-refractivity contribution in [3.05, 3.63) is 22.7 Å². The van der Waals surface area contributed by atoms with Gasteiger partial charge >= 0.3 is 12.1 Å². The smallest absolute Gasteiger partial charge is 0.391 e. The van der Waals surface area contributed by atoms with Crippen molar-refractivity contribution in [3.63, 3.8) is 0 Å². The summed E-state index contributed by atoms with van der Waals surface area (Å²) in [6, 6.07) is 1.68. The molecule has 0 aromatic heterocycles. The van der Waals surface area contributed by atoms with Gasteiger partial charge in [0.15, 0.2) is 0 Å². The number of carbonyl (C=O) groups excluding carboxylic acids is 1. The average Bonchev–Trinajstić information content (AvgIpc) is 2.29. The highest BCUT2D eigenvalue weighted by molar-refractivity contribution is 6.34. The van der Waals surface area contributed by atoms with Gasteiger partial charge in [0, 0.05) is 11.7 Å². The number of methoxy groups -OCH3 is 1. The zero-order valence-corrected chi connectivity index (χ0v) is 11.6. The van der Waals surface area contributed by atoms with Crippen LogP contribution in [0.5, 0.6) is 0 Å². The second-order valence-corrected chi connectivity index (χ2v) is 4.69. The van der Waals surface area contributed by atoms with Crippen molar-refractivity contribution in [2.75, 3.05) is 18.2 Å². The highest BCUT2D eigenvalue weighted by Crippen LogP contribution is 2.32. The largest absolute Gasteiger partial charge is 0.465 e. The topological polar surface area (TPSA) is 64.3 Å². The van der Waals surface area contributed by atoms with Gasteiger partial charge in [-0.25, -0.2) is 4.79 Å². The molecule has 0 fully saturated rings. The molecule has 0 aliphatic rings. The second-order valence-electron chi connectivity index (χ2n) is 4.28. The Morgan fingerprint density at radius 3 is 2.60 bits per heavy atom. The Hall–Kier alpha value is -1.63. The summed E-state index contributed by atoms with van der Waals surface area (Å²) in [7, 11) is 1.16. The lowest BCUT2D eigenvalue weighted by molar-refractivity contribution is -0.136. The quantitative estimate of drug-likeness (QED) is 0.660. The molecule has 0 radical (unpaired) electrons. The fourth-order valence-corrected chi connectivity index (χ4v) is 1.97. The van der Waals surface area contributed by atoms with E-state index in [4.69, 9.17) is 17.3 Å². The van der Waals surface area contributed by atoms with Crippen LogP contribution in [0, 0.1) is 0 Å². The number of nitrogens with two attached hydrogens (primary N) is 1. The molecule has 1 aromatic rings. The number of benzene rings is 1. The maximum absolute atomic E-state index is 12.3. The predicted molar refractivity (Wildman–Crippen MR) is 71.0 cm³/mol. The molecule has 1 rings (SSSR count). The summed E-state index contributed by atoms with van der Waals surface area (Å²) >= 11 is 5.92. The van der Waals surface area contributed by atoms with Gasteiger partial charge in [-0.3, -0.25) is 0 Å². The van der Waals surface area contributed by atoms with Gasteiger partial charge in [-0.2, -0.15) is 13.2 Å². The van der Waals surface area contributed by atoms with Gasteiger partial charge in [0.05, 0.1) is 29.8 Å². The van der Waals surface area contributed by atoms with Crippen molar-refractivity contribution < 1.29 is 22.7 Å². The van der Waals surface area contributed by atoms with Gasteiger partial charge in [-0.05, 0) is 19.1 Å². The van der Waals surface area contributed by atoms with Gasteiger partial charge in [-0.1, -0.05) is 11.6 Å². The van der Waals surface area contributed by atoms with Crippen LogP contribution in [0.25, 0.3) is 0 Å². The number of nitrogens with one attached hydrogen (secondary N) is 1. The fraction of sp³-hybridized carbons (Fsp3) is 0.417. The van der Waals surface area contributed by atoms with Gasteiger partial charge < -0.3 is 15.8 Å². The highest BCUT2D eigenvalue weighted by Gasteiger charge is 2.30. The van der Waals surface area contributed by atoms with Crippen LogP contribution in [0.15, 0.2) is 12.1 Å². The number of nitrogen functional groups attached to an aromatic ring is 1. The molecule has 1 unspecified atom stereocenters. The van der Waals surface area contributed by atoms with Crippen molar-refractivity contribution in [2.45, 2.75) is 25.6 Å². The number of rotatable bonds is 4. The Bertz CT molecular complexity index is 506.